The highest BCUT2D eigenvalue weighted by Gasteiger charge is 2.42. The van der Waals surface area contributed by atoms with Crippen molar-refractivity contribution in [3.63, 3.8) is 0 Å². The number of carbonyl (C=O) groups excluding carboxylic acids is 1. The van der Waals surface area contributed by atoms with Crippen LogP contribution in [0, 0.1) is 23.7 Å². The van der Waals surface area contributed by atoms with Gasteiger partial charge in [0.25, 0.3) is 0 Å². The zero-order valence-electron chi connectivity index (χ0n) is 16.9. The van der Waals surface area contributed by atoms with Crippen molar-refractivity contribution in [3.05, 3.63) is 83.6 Å². The molecule has 4 rings (SSSR count). The molecule has 0 bridgehead atoms. The summed E-state index contributed by atoms with van der Waals surface area (Å²) in [5, 5.41) is 0. The van der Waals surface area contributed by atoms with Crippen molar-refractivity contribution >= 4 is 5.78 Å². The highest BCUT2D eigenvalue weighted by Crippen LogP contribution is 2.48. The second kappa shape index (κ2) is 8.34. The van der Waals surface area contributed by atoms with Crippen LogP contribution in [0.15, 0.2) is 72.5 Å². The molecule has 0 aromatic heterocycles. The maximum atomic E-state index is 13.2. The Balaban J connectivity index is 1.54. The first-order chi connectivity index (χ1) is 13.6. The Morgan fingerprint density at radius 3 is 2.18 bits per heavy atom. The summed E-state index contributed by atoms with van der Waals surface area (Å²) >= 11 is 0. The van der Waals surface area contributed by atoms with E-state index in [-0.39, 0.29) is 23.5 Å². The third-order valence-corrected chi connectivity index (χ3v) is 6.30. The Kier molecular flexibility index (Phi) is 5.66. The lowest BCUT2D eigenvalue weighted by molar-refractivity contribution is -0.122. The van der Waals surface area contributed by atoms with Crippen molar-refractivity contribution in [2.24, 2.45) is 23.7 Å². The summed E-state index contributed by atoms with van der Waals surface area (Å²) in [4.78, 5) is 13.2. The number of hydrogen-bond donors (Lipinski definition) is 0. The van der Waals surface area contributed by atoms with Crippen LogP contribution in [-0.4, -0.2) is 12.4 Å². The molecule has 0 spiro atoms. The van der Waals surface area contributed by atoms with Gasteiger partial charge in [0.15, 0.2) is 5.78 Å². The summed E-state index contributed by atoms with van der Waals surface area (Å²) in [6.45, 7) is 4.94. The molecule has 3 unspecified atom stereocenters. The molecule has 2 aromatic carbocycles. The Labute approximate surface area is 168 Å². The number of benzene rings is 2. The summed E-state index contributed by atoms with van der Waals surface area (Å²) < 4.78 is 6.28. The van der Waals surface area contributed by atoms with Crippen LogP contribution in [0.2, 0.25) is 0 Å². The molecule has 1 saturated carbocycles. The minimum atomic E-state index is -0.0526. The van der Waals surface area contributed by atoms with Crippen LogP contribution in [0.4, 0.5) is 0 Å². The molecule has 1 aliphatic heterocycles. The van der Waals surface area contributed by atoms with Crippen LogP contribution >= 0.6 is 0 Å². The average Bonchev–Trinajstić information content (AvgIpc) is 3.54. The van der Waals surface area contributed by atoms with Gasteiger partial charge in [0.1, 0.15) is 5.76 Å². The van der Waals surface area contributed by atoms with Crippen molar-refractivity contribution in [2.45, 2.75) is 39.0 Å². The van der Waals surface area contributed by atoms with Crippen molar-refractivity contribution in [1.82, 2.24) is 0 Å². The van der Waals surface area contributed by atoms with E-state index in [1.165, 1.54) is 24.0 Å². The predicted molar refractivity (Wildman–Crippen MR) is 113 cm³/mol. The van der Waals surface area contributed by atoms with Crippen molar-refractivity contribution in [2.75, 3.05) is 6.61 Å². The van der Waals surface area contributed by atoms with Crippen LogP contribution in [0.1, 0.15) is 43.7 Å². The third kappa shape index (κ3) is 4.22. The van der Waals surface area contributed by atoms with Gasteiger partial charge in [-0.15, -0.1) is 0 Å². The molecule has 1 aliphatic carbocycles. The van der Waals surface area contributed by atoms with E-state index in [0.29, 0.717) is 18.4 Å². The van der Waals surface area contributed by atoms with Gasteiger partial charge in [-0.25, -0.2) is 0 Å². The first-order valence-corrected chi connectivity index (χ1v) is 10.6. The molecule has 0 radical (unpaired) electrons. The molecule has 2 aliphatic rings. The maximum Gasteiger partial charge on any atom is 0.166 e. The van der Waals surface area contributed by atoms with Gasteiger partial charge in [-0.2, -0.15) is 0 Å². The molecule has 0 saturated heterocycles. The quantitative estimate of drug-likeness (QED) is 0.613. The molecule has 146 valence electrons. The van der Waals surface area contributed by atoms with Gasteiger partial charge in [-0.1, -0.05) is 74.5 Å². The Morgan fingerprint density at radius 1 is 0.964 bits per heavy atom. The van der Waals surface area contributed by atoms with Crippen molar-refractivity contribution in [1.29, 1.82) is 0 Å². The van der Waals surface area contributed by atoms with E-state index in [9.17, 15) is 4.79 Å². The number of rotatable bonds is 7. The molecule has 2 nitrogen and oxygen atoms in total. The fourth-order valence-electron chi connectivity index (χ4n) is 4.55. The second-order valence-corrected chi connectivity index (χ2v) is 8.68. The monoisotopic (exact) mass is 374 g/mol. The molecule has 2 aromatic rings. The second-order valence-electron chi connectivity index (χ2n) is 8.68. The van der Waals surface area contributed by atoms with Gasteiger partial charge in [0, 0.05) is 17.9 Å². The van der Waals surface area contributed by atoms with E-state index >= 15 is 0 Å². The molecular weight excluding hydrogens is 344 g/mol. The van der Waals surface area contributed by atoms with Gasteiger partial charge in [-0.05, 0) is 42.2 Å². The summed E-state index contributed by atoms with van der Waals surface area (Å²) in [5.74, 6) is 2.65. The molecule has 0 N–H and O–H groups in total. The van der Waals surface area contributed by atoms with Crippen LogP contribution in [0.5, 0.6) is 0 Å². The fourth-order valence-corrected chi connectivity index (χ4v) is 4.55. The Morgan fingerprint density at radius 2 is 1.61 bits per heavy atom. The maximum absolute atomic E-state index is 13.2. The lowest BCUT2D eigenvalue weighted by atomic mass is 9.78. The normalized spacial score (nSPS) is 21.8. The van der Waals surface area contributed by atoms with Gasteiger partial charge >= 0.3 is 0 Å². The molecular formula is C26H30O2. The smallest absolute Gasteiger partial charge is 0.166 e. The summed E-state index contributed by atoms with van der Waals surface area (Å²) in [5.41, 5.74) is 2.58. The van der Waals surface area contributed by atoms with E-state index in [1.54, 1.807) is 0 Å². The topological polar surface area (TPSA) is 26.3 Å². The molecule has 2 heteroatoms. The number of allylic oxidation sites excluding steroid dienone is 2. The van der Waals surface area contributed by atoms with Crippen LogP contribution < -0.4 is 0 Å². The standard InChI is InChI=1S/C26H30O2/c1-18(2)22(15-19-9-5-3-6-10-19)25-16-24(27)23(17-28-25)26(21-13-14-21)20-11-7-4-8-12-20/h3-12,16,18,21-23,26H,13-15,17H2,1-2H3. The molecule has 1 heterocycles. The number of ketones is 1. The van der Waals surface area contributed by atoms with E-state index in [0.717, 1.165) is 12.2 Å². The highest BCUT2D eigenvalue weighted by molar-refractivity contribution is 5.93. The average molecular weight is 375 g/mol. The van der Waals surface area contributed by atoms with Crippen LogP contribution in [0.3, 0.4) is 0 Å². The SMILES string of the molecule is CC(C)C(Cc1ccccc1)C1=CC(=O)C(C(c2ccccc2)C2CC2)CO1. The van der Waals surface area contributed by atoms with Gasteiger partial charge < -0.3 is 4.74 Å². The molecule has 1 fully saturated rings. The number of carbonyl (C=O) groups is 1. The van der Waals surface area contributed by atoms with Crippen LogP contribution in [-0.2, 0) is 16.0 Å². The zero-order valence-corrected chi connectivity index (χ0v) is 16.9. The predicted octanol–water partition coefficient (Wildman–Crippen LogP) is 5.79. The number of ether oxygens (including phenoxy) is 1. The van der Waals surface area contributed by atoms with E-state index in [4.69, 9.17) is 4.74 Å². The molecule has 28 heavy (non-hydrogen) atoms. The lowest BCUT2D eigenvalue weighted by Crippen LogP contribution is -2.33. The third-order valence-electron chi connectivity index (χ3n) is 6.30. The first-order valence-electron chi connectivity index (χ1n) is 10.6. The van der Waals surface area contributed by atoms with Crippen LogP contribution in [0.25, 0.3) is 0 Å². The molecule has 0 amide bonds. The van der Waals surface area contributed by atoms with E-state index < -0.39 is 0 Å². The summed E-state index contributed by atoms with van der Waals surface area (Å²) in [7, 11) is 0. The fraction of sp³-hybridized carbons (Fsp3) is 0.423. The van der Waals surface area contributed by atoms with Crippen molar-refractivity contribution < 1.29 is 9.53 Å². The lowest BCUT2D eigenvalue weighted by Gasteiger charge is -2.33. The minimum Gasteiger partial charge on any atom is -0.497 e. The van der Waals surface area contributed by atoms with Crippen molar-refractivity contribution in [3.8, 4) is 0 Å². The van der Waals surface area contributed by atoms with E-state index in [1.807, 2.05) is 18.2 Å². The largest absolute Gasteiger partial charge is 0.497 e. The Hall–Kier alpha value is -2.35. The van der Waals surface area contributed by atoms with Gasteiger partial charge in [-0.3, -0.25) is 4.79 Å². The first kappa shape index (κ1) is 19.0. The highest BCUT2D eigenvalue weighted by atomic mass is 16.5. The zero-order chi connectivity index (χ0) is 19.5. The van der Waals surface area contributed by atoms with Gasteiger partial charge in [0.05, 0.1) is 12.5 Å². The number of hydrogen-bond acceptors (Lipinski definition) is 2. The Bertz CT molecular complexity index is 818. The molecule has 3 atom stereocenters. The minimum absolute atomic E-state index is 0.0526. The summed E-state index contributed by atoms with van der Waals surface area (Å²) in [6.07, 6.45) is 5.18. The van der Waals surface area contributed by atoms with E-state index in [2.05, 4.69) is 62.4 Å². The van der Waals surface area contributed by atoms with Gasteiger partial charge in [0.2, 0.25) is 0 Å². The summed E-state index contributed by atoms with van der Waals surface area (Å²) in [6, 6.07) is 21.0.